The minimum absolute atomic E-state index is 0. The number of nitrogens with one attached hydrogen (secondary N) is 2. The molecule has 1 aromatic rings. The Morgan fingerprint density at radius 2 is 1.96 bits per heavy atom. The number of guanidine groups is 1. The summed E-state index contributed by atoms with van der Waals surface area (Å²) < 4.78 is 5.96. The average Bonchev–Trinajstić information content (AvgIpc) is 3.36. The van der Waals surface area contributed by atoms with Crippen LogP contribution >= 0.6 is 24.0 Å². The maximum absolute atomic E-state index is 10.5. The van der Waals surface area contributed by atoms with Crippen LogP contribution in [0.4, 0.5) is 0 Å². The number of ether oxygens (including phenoxy) is 1. The first-order valence-electron chi connectivity index (χ1n) is 9.64. The molecule has 0 radical (unpaired) electrons. The predicted molar refractivity (Wildman–Crippen MR) is 116 cm³/mol. The van der Waals surface area contributed by atoms with Crippen LogP contribution in [0.5, 0.6) is 5.75 Å². The summed E-state index contributed by atoms with van der Waals surface area (Å²) in [5, 5.41) is 17.1. The van der Waals surface area contributed by atoms with Gasteiger partial charge in [0.2, 0.25) is 0 Å². The van der Waals surface area contributed by atoms with Gasteiger partial charge in [0, 0.05) is 18.7 Å². The van der Waals surface area contributed by atoms with Crippen LogP contribution in [0.3, 0.4) is 0 Å². The number of nitrogens with zero attached hydrogens (tertiary/aromatic N) is 1. The van der Waals surface area contributed by atoms with Gasteiger partial charge in [-0.3, -0.25) is 0 Å². The van der Waals surface area contributed by atoms with E-state index in [1.165, 1.54) is 12.8 Å². The van der Waals surface area contributed by atoms with Gasteiger partial charge in [-0.25, -0.2) is 4.99 Å². The van der Waals surface area contributed by atoms with E-state index >= 15 is 0 Å². The van der Waals surface area contributed by atoms with Crippen LogP contribution in [0.2, 0.25) is 0 Å². The SMILES string of the molecule is CCNC(=NCc1ccccc1OCC1CC1)NCC1(O)CCCC1.I. The molecule has 0 saturated heterocycles. The second-order valence-electron chi connectivity index (χ2n) is 7.34. The van der Waals surface area contributed by atoms with Gasteiger partial charge < -0.3 is 20.5 Å². The smallest absolute Gasteiger partial charge is 0.191 e. The van der Waals surface area contributed by atoms with E-state index in [0.29, 0.717) is 13.1 Å². The molecule has 5 nitrogen and oxygen atoms in total. The molecule has 0 atom stereocenters. The molecular formula is C20H32IN3O2. The molecule has 0 amide bonds. The van der Waals surface area contributed by atoms with Crippen molar-refractivity contribution in [3.63, 3.8) is 0 Å². The minimum Gasteiger partial charge on any atom is -0.493 e. The van der Waals surface area contributed by atoms with Crippen molar-refractivity contribution >= 4 is 29.9 Å². The number of aliphatic imine (C=N–C) groups is 1. The highest BCUT2D eigenvalue weighted by Gasteiger charge is 2.31. The zero-order chi connectivity index (χ0) is 17.5. The van der Waals surface area contributed by atoms with Crippen LogP contribution in [0.15, 0.2) is 29.3 Å². The monoisotopic (exact) mass is 473 g/mol. The highest BCUT2D eigenvalue weighted by Crippen LogP contribution is 2.30. The first kappa shape index (κ1) is 21.3. The normalized spacial score (nSPS) is 18.9. The molecule has 0 spiro atoms. The molecule has 26 heavy (non-hydrogen) atoms. The fourth-order valence-corrected chi connectivity index (χ4v) is 3.23. The number of rotatable bonds is 8. The summed E-state index contributed by atoms with van der Waals surface area (Å²) in [6, 6.07) is 8.12. The molecule has 0 heterocycles. The van der Waals surface area contributed by atoms with E-state index in [-0.39, 0.29) is 24.0 Å². The van der Waals surface area contributed by atoms with Crippen molar-refractivity contribution in [1.29, 1.82) is 0 Å². The van der Waals surface area contributed by atoms with Crippen molar-refractivity contribution in [3.05, 3.63) is 29.8 Å². The lowest BCUT2D eigenvalue weighted by molar-refractivity contribution is 0.0522. The third-order valence-electron chi connectivity index (χ3n) is 5.01. The van der Waals surface area contributed by atoms with Crippen LogP contribution in [0, 0.1) is 5.92 Å². The molecule has 2 aliphatic carbocycles. The predicted octanol–water partition coefficient (Wildman–Crippen LogP) is 3.45. The van der Waals surface area contributed by atoms with Crippen molar-refractivity contribution in [2.45, 2.75) is 57.6 Å². The summed E-state index contributed by atoms with van der Waals surface area (Å²) in [5.74, 6) is 2.42. The van der Waals surface area contributed by atoms with Gasteiger partial charge in [0.25, 0.3) is 0 Å². The van der Waals surface area contributed by atoms with E-state index in [4.69, 9.17) is 4.74 Å². The molecule has 0 unspecified atom stereocenters. The fourth-order valence-electron chi connectivity index (χ4n) is 3.23. The Hall–Kier alpha value is -1.02. The Labute approximate surface area is 174 Å². The highest BCUT2D eigenvalue weighted by atomic mass is 127. The molecule has 2 aliphatic rings. The molecular weight excluding hydrogens is 441 g/mol. The molecule has 3 N–H and O–H groups in total. The van der Waals surface area contributed by atoms with Crippen LogP contribution in [-0.2, 0) is 6.54 Å². The van der Waals surface area contributed by atoms with Crippen LogP contribution in [-0.4, -0.2) is 36.4 Å². The standard InChI is InChI=1S/C20H31N3O2.HI/c1-2-21-19(23-15-20(24)11-5-6-12-20)22-13-17-7-3-4-8-18(17)25-14-16-9-10-16;/h3-4,7-8,16,24H,2,5-6,9-15H2,1H3,(H2,21,22,23);1H. The number of aliphatic hydroxyl groups is 1. The zero-order valence-electron chi connectivity index (χ0n) is 15.7. The largest absolute Gasteiger partial charge is 0.493 e. The molecule has 6 heteroatoms. The van der Waals surface area contributed by atoms with Gasteiger partial charge in [0.1, 0.15) is 5.75 Å². The maximum atomic E-state index is 10.5. The van der Waals surface area contributed by atoms with Gasteiger partial charge in [0.15, 0.2) is 5.96 Å². The number of halogens is 1. The summed E-state index contributed by atoms with van der Waals surface area (Å²) in [6.07, 6.45) is 6.54. The fraction of sp³-hybridized carbons (Fsp3) is 0.650. The lowest BCUT2D eigenvalue weighted by atomic mass is 10.0. The Morgan fingerprint density at radius 3 is 2.65 bits per heavy atom. The second-order valence-corrected chi connectivity index (χ2v) is 7.34. The van der Waals surface area contributed by atoms with Crippen LogP contribution in [0.1, 0.15) is 51.0 Å². The molecule has 0 bridgehead atoms. The lowest BCUT2D eigenvalue weighted by Crippen LogP contribution is -2.46. The number of hydrogen-bond acceptors (Lipinski definition) is 3. The molecule has 1 aromatic carbocycles. The molecule has 3 rings (SSSR count). The van der Waals surface area contributed by atoms with Gasteiger partial charge in [0.05, 0.1) is 18.8 Å². The summed E-state index contributed by atoms with van der Waals surface area (Å²) in [5.41, 5.74) is 0.515. The van der Waals surface area contributed by atoms with E-state index in [2.05, 4.69) is 21.7 Å². The summed E-state index contributed by atoms with van der Waals surface area (Å²) in [7, 11) is 0. The lowest BCUT2D eigenvalue weighted by Gasteiger charge is -2.23. The molecule has 2 saturated carbocycles. The molecule has 0 aliphatic heterocycles. The Bertz CT molecular complexity index is 584. The van der Waals surface area contributed by atoms with Crippen LogP contribution in [0.25, 0.3) is 0 Å². The van der Waals surface area contributed by atoms with E-state index in [9.17, 15) is 5.11 Å². The zero-order valence-corrected chi connectivity index (χ0v) is 18.0. The second kappa shape index (κ2) is 10.3. The van der Waals surface area contributed by atoms with Gasteiger partial charge in [-0.1, -0.05) is 31.0 Å². The van der Waals surface area contributed by atoms with Crippen LogP contribution < -0.4 is 15.4 Å². The average molecular weight is 473 g/mol. The summed E-state index contributed by atoms with van der Waals surface area (Å²) >= 11 is 0. The van der Waals surface area contributed by atoms with E-state index < -0.39 is 5.60 Å². The maximum Gasteiger partial charge on any atom is 0.191 e. The van der Waals surface area contributed by atoms with E-state index in [1.54, 1.807) is 0 Å². The summed E-state index contributed by atoms with van der Waals surface area (Å²) in [4.78, 5) is 4.68. The van der Waals surface area contributed by atoms with Crippen molar-refractivity contribution in [2.24, 2.45) is 10.9 Å². The number of hydrogen-bond donors (Lipinski definition) is 3. The third kappa shape index (κ3) is 6.61. The Kier molecular flexibility index (Phi) is 8.47. The summed E-state index contributed by atoms with van der Waals surface area (Å²) in [6.45, 7) is 4.78. The quantitative estimate of drug-likeness (QED) is 0.308. The third-order valence-corrected chi connectivity index (χ3v) is 5.01. The molecule has 2 fully saturated rings. The van der Waals surface area contributed by atoms with Gasteiger partial charge in [-0.05, 0) is 44.6 Å². The minimum atomic E-state index is -0.582. The van der Waals surface area contributed by atoms with E-state index in [1.807, 2.05) is 25.1 Å². The van der Waals surface area contributed by atoms with Gasteiger partial charge in [-0.2, -0.15) is 0 Å². The van der Waals surface area contributed by atoms with Gasteiger partial charge in [-0.15, -0.1) is 24.0 Å². The number of benzene rings is 1. The Morgan fingerprint density at radius 1 is 1.23 bits per heavy atom. The van der Waals surface area contributed by atoms with Gasteiger partial charge >= 0.3 is 0 Å². The number of para-hydroxylation sites is 1. The first-order chi connectivity index (χ1) is 12.2. The van der Waals surface area contributed by atoms with Crippen molar-refractivity contribution in [1.82, 2.24) is 10.6 Å². The first-order valence-corrected chi connectivity index (χ1v) is 9.64. The van der Waals surface area contributed by atoms with Crippen molar-refractivity contribution in [3.8, 4) is 5.75 Å². The van der Waals surface area contributed by atoms with E-state index in [0.717, 1.165) is 62.0 Å². The highest BCUT2D eigenvalue weighted by molar-refractivity contribution is 14.0. The molecule has 146 valence electrons. The topological polar surface area (TPSA) is 65.9 Å². The molecule has 0 aromatic heterocycles. The van der Waals surface area contributed by atoms with Crippen molar-refractivity contribution in [2.75, 3.05) is 19.7 Å². The van der Waals surface area contributed by atoms with Crippen molar-refractivity contribution < 1.29 is 9.84 Å². The Balaban J connectivity index is 0.00000243.